The van der Waals surface area contributed by atoms with Crippen molar-refractivity contribution < 1.29 is 29.3 Å². The fraction of sp³-hybridized carbons (Fsp3) is 0.207. The number of carboxylic acid groups (broad SMARTS) is 2. The van der Waals surface area contributed by atoms with E-state index >= 15 is 0 Å². The molecule has 0 unspecified atom stereocenters. The Morgan fingerprint density at radius 1 is 0.485 bits per heavy atom. The number of ether oxygens (including phenoxy) is 2. The lowest BCUT2D eigenvalue weighted by Gasteiger charge is -2.38. The number of fused-ring (bicyclic) bond motifs is 4. The Morgan fingerprint density at radius 2 is 0.809 bits per heavy atom. The Balaban J connectivity index is 0.000000159. The SMILES string of the molecule is N#CC1(c2ccccc2)CCN(CC2=Cc3ccccc3Oc3ccccc32)CC1.N#CC1(c2ccccc2)CCN(CC2=Cc3ccccc3Oc3ccccc32)CC1.O=C(O)C=CC(=O)O. The van der Waals surface area contributed by atoms with E-state index in [1.54, 1.807) is 0 Å². The van der Waals surface area contributed by atoms with Crippen molar-refractivity contribution in [1.82, 2.24) is 9.80 Å². The molecule has 4 heterocycles. The van der Waals surface area contributed by atoms with E-state index in [-0.39, 0.29) is 10.8 Å². The fourth-order valence-corrected chi connectivity index (χ4v) is 9.31. The van der Waals surface area contributed by atoms with Gasteiger partial charge in [0.05, 0.1) is 23.0 Å². The van der Waals surface area contributed by atoms with Gasteiger partial charge in [-0.2, -0.15) is 10.5 Å². The van der Waals surface area contributed by atoms with Crippen LogP contribution < -0.4 is 9.47 Å². The summed E-state index contributed by atoms with van der Waals surface area (Å²) in [5.41, 5.74) is 8.59. The second-order valence-corrected chi connectivity index (χ2v) is 17.3. The van der Waals surface area contributed by atoms with Crippen molar-refractivity contribution in [2.75, 3.05) is 39.3 Å². The molecule has 0 spiro atoms. The molecule has 2 fully saturated rings. The molecule has 4 aliphatic rings. The number of para-hydroxylation sites is 4. The lowest BCUT2D eigenvalue weighted by atomic mass is 9.74. The molecule has 340 valence electrons. The lowest BCUT2D eigenvalue weighted by Crippen LogP contribution is -2.42. The first kappa shape index (κ1) is 46.5. The van der Waals surface area contributed by atoms with Crippen LogP contribution in [0.3, 0.4) is 0 Å². The molecule has 6 aromatic rings. The van der Waals surface area contributed by atoms with E-state index < -0.39 is 11.9 Å². The van der Waals surface area contributed by atoms with E-state index in [2.05, 4.69) is 94.8 Å². The molecule has 0 saturated carbocycles. The third-order valence-corrected chi connectivity index (χ3v) is 13.1. The fourth-order valence-electron chi connectivity index (χ4n) is 9.31. The van der Waals surface area contributed by atoms with Gasteiger partial charge in [0.1, 0.15) is 23.0 Å². The highest BCUT2D eigenvalue weighted by Crippen LogP contribution is 2.42. The Kier molecular flexibility index (Phi) is 14.7. The van der Waals surface area contributed by atoms with Gasteiger partial charge in [-0.3, -0.25) is 9.80 Å². The average molecular weight is 901 g/mol. The number of benzene rings is 6. The van der Waals surface area contributed by atoms with E-state index in [9.17, 15) is 20.1 Å². The Bertz CT molecular complexity index is 2720. The van der Waals surface area contributed by atoms with Crippen LogP contribution in [0.15, 0.2) is 170 Å². The van der Waals surface area contributed by atoms with Crippen LogP contribution in [0.2, 0.25) is 0 Å². The third-order valence-electron chi connectivity index (χ3n) is 13.1. The van der Waals surface area contributed by atoms with Crippen LogP contribution in [0.25, 0.3) is 23.3 Å². The van der Waals surface area contributed by atoms with Gasteiger partial charge in [-0.1, -0.05) is 133 Å². The highest BCUT2D eigenvalue weighted by atomic mass is 16.5. The van der Waals surface area contributed by atoms with Gasteiger partial charge in [0.2, 0.25) is 0 Å². The smallest absolute Gasteiger partial charge is 0.328 e. The molecule has 0 amide bonds. The molecule has 0 radical (unpaired) electrons. The molecule has 10 rings (SSSR count). The maximum Gasteiger partial charge on any atom is 0.328 e. The van der Waals surface area contributed by atoms with Crippen molar-refractivity contribution in [3.63, 3.8) is 0 Å². The minimum atomic E-state index is -1.26. The van der Waals surface area contributed by atoms with Crippen LogP contribution in [0.4, 0.5) is 0 Å². The second kappa shape index (κ2) is 21.5. The highest BCUT2D eigenvalue weighted by molar-refractivity contribution is 5.90. The number of nitrogens with zero attached hydrogens (tertiary/aromatic N) is 4. The lowest BCUT2D eigenvalue weighted by molar-refractivity contribution is -0.134. The van der Waals surface area contributed by atoms with Crippen molar-refractivity contribution in [1.29, 1.82) is 10.5 Å². The Hall–Kier alpha value is -8.02. The number of aliphatic carboxylic acids is 2. The monoisotopic (exact) mass is 900 g/mol. The maximum atomic E-state index is 9.98. The van der Waals surface area contributed by atoms with Crippen LogP contribution in [0.1, 0.15) is 59.1 Å². The number of carboxylic acids is 2. The molecule has 4 aliphatic heterocycles. The minimum absolute atomic E-state index is 0.372. The summed E-state index contributed by atoms with van der Waals surface area (Å²) in [4.78, 5) is 24.0. The topological polar surface area (TPSA) is 147 Å². The molecular formula is C58H52N4O6. The summed E-state index contributed by atoms with van der Waals surface area (Å²) in [6, 6.07) is 58.7. The Morgan fingerprint density at radius 3 is 1.16 bits per heavy atom. The van der Waals surface area contributed by atoms with E-state index in [0.29, 0.717) is 12.2 Å². The third kappa shape index (κ3) is 11.0. The molecule has 0 aromatic heterocycles. The molecule has 10 nitrogen and oxygen atoms in total. The molecule has 0 atom stereocenters. The number of hydrogen-bond acceptors (Lipinski definition) is 8. The average Bonchev–Trinajstić information content (AvgIpc) is 3.64. The minimum Gasteiger partial charge on any atom is -0.478 e. The summed E-state index contributed by atoms with van der Waals surface area (Å²) in [5.74, 6) is 1.08. The van der Waals surface area contributed by atoms with Crippen LogP contribution in [0.5, 0.6) is 23.0 Å². The predicted molar refractivity (Wildman–Crippen MR) is 265 cm³/mol. The van der Waals surface area contributed by atoms with Crippen LogP contribution in [-0.2, 0) is 20.4 Å². The number of carbonyl (C=O) groups is 2. The summed E-state index contributed by atoms with van der Waals surface area (Å²) in [6.45, 7) is 5.33. The first-order valence-electron chi connectivity index (χ1n) is 22.8. The zero-order valence-corrected chi connectivity index (χ0v) is 37.7. The zero-order chi connectivity index (χ0) is 47.4. The maximum absolute atomic E-state index is 9.98. The van der Waals surface area contributed by atoms with Gasteiger partial charge < -0.3 is 19.7 Å². The predicted octanol–water partition coefficient (Wildman–Crippen LogP) is 11.5. The largest absolute Gasteiger partial charge is 0.478 e. The van der Waals surface area contributed by atoms with Crippen molar-refractivity contribution in [2.24, 2.45) is 0 Å². The van der Waals surface area contributed by atoms with Gasteiger partial charge in [-0.15, -0.1) is 0 Å². The summed E-state index contributed by atoms with van der Waals surface area (Å²) in [7, 11) is 0. The normalized spacial score (nSPS) is 16.6. The standard InChI is InChI=1S/2C27H24N2O.C4H4O4/c2*28-20-27(23-9-2-1-3-10-23)14-16-29(17-15-27)19-22-18-21-8-4-6-12-25(21)30-26-13-7-5-11-24(22)26;5-3(6)1-2-4(7)8/h2*1-13,18H,14-17,19H2;1-2H,(H,5,6)(H,7,8). The van der Waals surface area contributed by atoms with Gasteiger partial charge in [0.25, 0.3) is 0 Å². The Labute approximate surface area is 397 Å². The molecule has 0 aliphatic carbocycles. The number of likely N-dealkylation sites (tertiary alicyclic amines) is 2. The summed E-state index contributed by atoms with van der Waals surface area (Å²) >= 11 is 0. The zero-order valence-electron chi connectivity index (χ0n) is 37.7. The highest BCUT2D eigenvalue weighted by Gasteiger charge is 2.38. The van der Waals surface area contributed by atoms with Crippen LogP contribution >= 0.6 is 0 Å². The van der Waals surface area contributed by atoms with Gasteiger partial charge in [-0.05, 0) is 84.4 Å². The quantitative estimate of drug-likeness (QED) is 0.141. The van der Waals surface area contributed by atoms with E-state index in [1.165, 1.54) is 11.1 Å². The molecule has 0 bridgehead atoms. The van der Waals surface area contributed by atoms with Crippen molar-refractivity contribution in [2.45, 2.75) is 36.5 Å². The first-order valence-corrected chi connectivity index (χ1v) is 22.8. The van der Waals surface area contributed by atoms with Crippen molar-refractivity contribution in [3.8, 4) is 35.1 Å². The van der Waals surface area contributed by atoms with Crippen LogP contribution in [-0.4, -0.2) is 71.2 Å². The van der Waals surface area contributed by atoms with E-state index in [0.717, 1.165) is 121 Å². The molecule has 2 N–H and O–H groups in total. The summed E-state index contributed by atoms with van der Waals surface area (Å²) < 4.78 is 12.4. The van der Waals surface area contributed by atoms with Gasteiger partial charge in [-0.25, -0.2) is 9.59 Å². The number of nitriles is 2. The van der Waals surface area contributed by atoms with Crippen molar-refractivity contribution in [3.05, 3.63) is 203 Å². The summed E-state index contributed by atoms with van der Waals surface area (Å²) in [5, 5.41) is 35.6. The number of rotatable bonds is 8. The number of hydrogen-bond donors (Lipinski definition) is 2. The van der Waals surface area contributed by atoms with Crippen molar-refractivity contribution >= 4 is 35.2 Å². The molecule has 68 heavy (non-hydrogen) atoms. The van der Waals surface area contributed by atoms with E-state index in [1.807, 2.05) is 97.1 Å². The summed E-state index contributed by atoms with van der Waals surface area (Å²) in [6.07, 6.45) is 9.05. The molecular weight excluding hydrogens is 849 g/mol. The number of piperidine rings is 2. The second-order valence-electron chi connectivity index (χ2n) is 17.3. The molecule has 6 aromatic carbocycles. The molecule has 10 heteroatoms. The van der Waals surface area contributed by atoms with E-state index in [4.69, 9.17) is 19.7 Å². The first-order chi connectivity index (χ1) is 33.2. The van der Waals surface area contributed by atoms with Crippen LogP contribution in [0, 0.1) is 22.7 Å². The van der Waals surface area contributed by atoms with Gasteiger partial charge >= 0.3 is 11.9 Å². The van der Waals surface area contributed by atoms with Gasteiger partial charge in [0, 0.05) is 73.7 Å². The van der Waals surface area contributed by atoms with Gasteiger partial charge in [0.15, 0.2) is 0 Å². The molecule has 2 saturated heterocycles.